The minimum Gasteiger partial charge on any atom is -0.369 e. The first-order valence-electron chi connectivity index (χ1n) is 10.5. The zero-order valence-electron chi connectivity index (χ0n) is 18.3. The molecule has 180 valence electrons. The number of rotatable bonds is 7. The van der Waals surface area contributed by atoms with E-state index < -0.39 is 0 Å². The van der Waals surface area contributed by atoms with Gasteiger partial charge >= 0.3 is 0 Å². The highest BCUT2D eigenvalue weighted by atomic mass is 35.5. The lowest BCUT2D eigenvalue weighted by Crippen LogP contribution is -2.46. The Morgan fingerprint density at radius 2 is 1.64 bits per heavy atom. The third-order valence-electron chi connectivity index (χ3n) is 5.60. The molecule has 1 aromatic heterocycles. The van der Waals surface area contributed by atoms with Crippen LogP contribution in [0.3, 0.4) is 0 Å². The van der Waals surface area contributed by atoms with Crippen LogP contribution in [0.2, 0.25) is 5.02 Å². The number of halogens is 4. The van der Waals surface area contributed by atoms with Gasteiger partial charge in [-0.25, -0.2) is 0 Å². The topological polar surface area (TPSA) is 48.5 Å². The Labute approximate surface area is 219 Å². The van der Waals surface area contributed by atoms with Crippen LogP contribution in [0.15, 0.2) is 60.8 Å². The molecule has 0 unspecified atom stereocenters. The first-order valence-corrected chi connectivity index (χ1v) is 10.9. The second-order valence-corrected chi connectivity index (χ2v) is 8.12. The van der Waals surface area contributed by atoms with Crippen molar-refractivity contribution in [2.75, 3.05) is 44.2 Å². The Kier molecular flexibility index (Phi) is 12.9. The van der Waals surface area contributed by atoms with Crippen molar-refractivity contribution >= 4 is 71.2 Å². The summed E-state index contributed by atoms with van der Waals surface area (Å²) in [6.45, 7) is 5.89. The number of carbonyl (C=O) groups is 1. The standard InChI is InChI=1S/C24H27ClN4O.3ClH/c25-21-8-5-9-22(17-21)29-14-12-28(13-15-29)11-4-3-10-26-24(30)23-16-19-6-1-2-7-20(19)18-27-23;;;/h1-2,5-9,16-18H,3-4,10-15H2,(H,26,30);3*1H. The second-order valence-electron chi connectivity index (χ2n) is 7.69. The highest BCUT2D eigenvalue weighted by Gasteiger charge is 2.17. The molecule has 9 heteroatoms. The summed E-state index contributed by atoms with van der Waals surface area (Å²) in [6, 6.07) is 17.9. The molecule has 1 aliphatic rings. The molecule has 2 heterocycles. The second kappa shape index (κ2) is 14.5. The zero-order valence-corrected chi connectivity index (χ0v) is 21.5. The van der Waals surface area contributed by atoms with Crippen molar-refractivity contribution in [3.8, 4) is 0 Å². The molecule has 1 saturated heterocycles. The van der Waals surface area contributed by atoms with Crippen LogP contribution < -0.4 is 10.2 Å². The van der Waals surface area contributed by atoms with Crippen LogP contribution in [0.4, 0.5) is 5.69 Å². The van der Waals surface area contributed by atoms with E-state index in [4.69, 9.17) is 11.6 Å². The molecule has 0 spiro atoms. The van der Waals surface area contributed by atoms with Gasteiger partial charge in [0, 0.05) is 55.0 Å². The number of piperazine rings is 1. The highest BCUT2D eigenvalue weighted by molar-refractivity contribution is 6.30. The molecule has 0 atom stereocenters. The van der Waals surface area contributed by atoms with Crippen LogP contribution in [0.5, 0.6) is 0 Å². The van der Waals surface area contributed by atoms with Gasteiger partial charge in [-0.1, -0.05) is 41.9 Å². The van der Waals surface area contributed by atoms with Gasteiger partial charge in [-0.3, -0.25) is 14.7 Å². The molecule has 33 heavy (non-hydrogen) atoms. The SMILES string of the molecule is Cl.Cl.Cl.O=C(NCCCCN1CCN(c2cccc(Cl)c2)CC1)c1cc2ccccc2cn1. The van der Waals surface area contributed by atoms with Gasteiger partial charge in [0.15, 0.2) is 0 Å². The van der Waals surface area contributed by atoms with Crippen LogP contribution in [0.25, 0.3) is 10.8 Å². The van der Waals surface area contributed by atoms with Crippen LogP contribution in [0, 0.1) is 0 Å². The Morgan fingerprint density at radius 3 is 2.36 bits per heavy atom. The summed E-state index contributed by atoms with van der Waals surface area (Å²) in [5.74, 6) is -0.101. The van der Waals surface area contributed by atoms with Gasteiger partial charge < -0.3 is 10.2 Å². The third kappa shape index (κ3) is 8.20. The fraction of sp³-hybridized carbons (Fsp3) is 0.333. The number of hydrogen-bond donors (Lipinski definition) is 1. The van der Waals surface area contributed by atoms with Gasteiger partial charge in [-0.2, -0.15) is 0 Å². The van der Waals surface area contributed by atoms with Gasteiger partial charge in [0.05, 0.1) is 0 Å². The number of amides is 1. The fourth-order valence-corrected chi connectivity index (χ4v) is 4.05. The molecular formula is C24H30Cl4N4O. The molecule has 3 aromatic rings. The number of carbonyl (C=O) groups excluding carboxylic acids is 1. The molecule has 0 bridgehead atoms. The summed E-state index contributed by atoms with van der Waals surface area (Å²) >= 11 is 6.11. The first-order chi connectivity index (χ1) is 14.7. The lowest BCUT2D eigenvalue weighted by molar-refractivity contribution is 0.0947. The van der Waals surface area contributed by atoms with E-state index >= 15 is 0 Å². The van der Waals surface area contributed by atoms with Crippen molar-refractivity contribution in [2.45, 2.75) is 12.8 Å². The zero-order chi connectivity index (χ0) is 20.8. The van der Waals surface area contributed by atoms with Crippen molar-refractivity contribution in [3.05, 3.63) is 71.5 Å². The van der Waals surface area contributed by atoms with Gasteiger partial charge in [0.25, 0.3) is 5.91 Å². The smallest absolute Gasteiger partial charge is 0.269 e. The van der Waals surface area contributed by atoms with E-state index in [1.807, 2.05) is 48.5 Å². The van der Waals surface area contributed by atoms with E-state index in [1.165, 1.54) is 5.69 Å². The first kappa shape index (κ1) is 29.3. The summed E-state index contributed by atoms with van der Waals surface area (Å²) < 4.78 is 0. The Balaban J connectivity index is 0.00000181. The average molecular weight is 532 g/mol. The van der Waals surface area contributed by atoms with Crippen molar-refractivity contribution in [2.24, 2.45) is 0 Å². The van der Waals surface area contributed by atoms with E-state index in [-0.39, 0.29) is 43.1 Å². The van der Waals surface area contributed by atoms with Crippen LogP contribution >= 0.6 is 48.8 Å². The predicted octanol–water partition coefficient (Wildman–Crippen LogP) is 5.49. The molecule has 1 aliphatic heterocycles. The number of pyridine rings is 1. The number of benzene rings is 2. The number of nitrogens with one attached hydrogen (secondary N) is 1. The minimum absolute atomic E-state index is 0. The minimum atomic E-state index is -0.101. The van der Waals surface area contributed by atoms with Crippen LogP contribution in [-0.4, -0.2) is 55.1 Å². The molecule has 2 aromatic carbocycles. The molecule has 0 aliphatic carbocycles. The van der Waals surface area contributed by atoms with E-state index in [2.05, 4.69) is 26.2 Å². The number of unbranched alkanes of at least 4 members (excludes halogenated alkanes) is 1. The number of nitrogens with zero attached hydrogens (tertiary/aromatic N) is 3. The van der Waals surface area contributed by atoms with Crippen molar-refractivity contribution in [1.82, 2.24) is 15.2 Å². The maximum Gasteiger partial charge on any atom is 0.269 e. The van der Waals surface area contributed by atoms with E-state index in [1.54, 1.807) is 6.20 Å². The largest absolute Gasteiger partial charge is 0.369 e. The van der Waals surface area contributed by atoms with Gasteiger partial charge in [0.1, 0.15) is 5.69 Å². The molecule has 0 saturated carbocycles. The summed E-state index contributed by atoms with van der Waals surface area (Å²) in [5.41, 5.74) is 1.68. The number of hydrogen-bond acceptors (Lipinski definition) is 4. The van der Waals surface area contributed by atoms with E-state index in [0.717, 1.165) is 61.4 Å². The normalized spacial score (nSPS) is 13.4. The number of fused-ring (bicyclic) bond motifs is 1. The number of aromatic nitrogens is 1. The Morgan fingerprint density at radius 1 is 0.909 bits per heavy atom. The summed E-state index contributed by atoms with van der Waals surface area (Å²) in [4.78, 5) is 21.5. The molecule has 1 N–H and O–H groups in total. The Bertz CT molecular complexity index is 1010. The lowest BCUT2D eigenvalue weighted by atomic mass is 10.1. The quantitative estimate of drug-likeness (QED) is 0.410. The van der Waals surface area contributed by atoms with Crippen LogP contribution in [-0.2, 0) is 0 Å². The van der Waals surface area contributed by atoms with Crippen molar-refractivity contribution < 1.29 is 4.79 Å². The Hall–Kier alpha value is -1.76. The molecule has 1 amide bonds. The monoisotopic (exact) mass is 530 g/mol. The third-order valence-corrected chi connectivity index (χ3v) is 5.83. The molecule has 5 nitrogen and oxygen atoms in total. The van der Waals surface area contributed by atoms with E-state index in [0.29, 0.717) is 12.2 Å². The summed E-state index contributed by atoms with van der Waals surface area (Å²) in [5, 5.41) is 5.86. The molecular weight excluding hydrogens is 502 g/mol. The van der Waals surface area contributed by atoms with E-state index in [9.17, 15) is 4.79 Å². The van der Waals surface area contributed by atoms with Gasteiger partial charge in [-0.15, -0.1) is 37.2 Å². The van der Waals surface area contributed by atoms with Gasteiger partial charge in [-0.05, 0) is 49.0 Å². The lowest BCUT2D eigenvalue weighted by Gasteiger charge is -2.36. The summed E-state index contributed by atoms with van der Waals surface area (Å²) in [7, 11) is 0. The summed E-state index contributed by atoms with van der Waals surface area (Å²) in [6.07, 6.45) is 3.80. The number of anilines is 1. The van der Waals surface area contributed by atoms with Gasteiger partial charge in [0.2, 0.25) is 0 Å². The van der Waals surface area contributed by atoms with Crippen molar-refractivity contribution in [1.29, 1.82) is 0 Å². The maximum atomic E-state index is 12.3. The highest BCUT2D eigenvalue weighted by Crippen LogP contribution is 2.20. The fourth-order valence-electron chi connectivity index (χ4n) is 3.86. The average Bonchev–Trinajstić information content (AvgIpc) is 2.79. The molecule has 1 fully saturated rings. The maximum absolute atomic E-state index is 12.3. The molecule has 4 rings (SSSR count). The predicted molar refractivity (Wildman–Crippen MR) is 145 cm³/mol. The van der Waals surface area contributed by atoms with Crippen molar-refractivity contribution in [3.63, 3.8) is 0 Å². The van der Waals surface area contributed by atoms with Crippen LogP contribution in [0.1, 0.15) is 23.3 Å². The molecule has 0 radical (unpaired) electrons.